The Bertz CT molecular complexity index is 506. The minimum atomic E-state index is 0.0529. The fraction of sp³-hybridized carbons (Fsp3) is 0.700. The fourth-order valence-corrected chi connectivity index (χ4v) is 14.6. The molecule has 0 spiro atoms. The third-order valence-electron chi connectivity index (χ3n) is 5.91. The van der Waals surface area contributed by atoms with Gasteiger partial charge in [-0.25, -0.2) is 0 Å². The second-order valence-corrected chi connectivity index (χ2v) is 15.0. The monoisotopic (exact) mass is 460 g/mol. The van der Waals surface area contributed by atoms with E-state index >= 15 is 0 Å². The van der Waals surface area contributed by atoms with Crippen LogP contribution in [0.3, 0.4) is 0 Å². The molecule has 1 unspecified atom stereocenters. The average Bonchev–Trinajstić information content (AvgIpc) is 3.17. The van der Waals surface area contributed by atoms with E-state index in [1.165, 1.54) is 44.9 Å². The zero-order valence-corrected chi connectivity index (χ0v) is 18.8. The zero-order valence-electron chi connectivity index (χ0n) is 14.8. The summed E-state index contributed by atoms with van der Waals surface area (Å²) in [7, 11) is 0.118. The normalized spacial score (nSPS) is 35.0. The van der Waals surface area contributed by atoms with Crippen LogP contribution in [0.5, 0.6) is 0 Å². The number of rotatable bonds is 5. The molecule has 0 radical (unpaired) electrons. The van der Waals surface area contributed by atoms with Crippen molar-refractivity contribution < 1.29 is 0 Å². The van der Waals surface area contributed by atoms with E-state index in [-0.39, 0.29) is 15.8 Å². The molecule has 5 atom stereocenters. The molecule has 2 aliphatic rings. The van der Waals surface area contributed by atoms with Gasteiger partial charge < -0.3 is 0 Å². The predicted octanol–water partition coefficient (Wildman–Crippen LogP) is 6.59. The molecule has 23 heavy (non-hydrogen) atoms. The van der Waals surface area contributed by atoms with Gasteiger partial charge in [0, 0.05) is 3.67 Å². The average molecular weight is 460 g/mol. The minimum absolute atomic E-state index is 0.0529. The van der Waals surface area contributed by atoms with Crippen LogP contribution < -0.4 is 10.6 Å². The number of halogens is 1. The number of alkyl halides is 1. The number of hydrogen-bond acceptors (Lipinski definition) is 0. The van der Waals surface area contributed by atoms with Crippen molar-refractivity contribution in [3.63, 3.8) is 0 Å². The van der Waals surface area contributed by atoms with E-state index in [2.05, 4.69) is 67.6 Å². The standard InChI is InChI=1S/C20H31IP2/c1-4-15-11-12-16(5-2)22(15)18-9-7-8-10-19(18)23-17(6-3)13-14-20(23)21/h7-10,15-17,20H,4-6,11-14H2,1-3H3/t15-,16-,17-,20+,23?/m1/s1. The topological polar surface area (TPSA) is 0 Å². The van der Waals surface area contributed by atoms with Gasteiger partial charge in [0.25, 0.3) is 0 Å². The Kier molecular flexibility index (Phi) is 6.84. The summed E-state index contributed by atoms with van der Waals surface area (Å²) in [4.78, 5) is 0. The van der Waals surface area contributed by atoms with Gasteiger partial charge in [0.15, 0.2) is 0 Å². The largest absolute Gasteiger partial charge is 0.0771 e. The maximum atomic E-state index is 2.78. The third-order valence-corrected chi connectivity index (χ3v) is 15.5. The maximum Gasteiger partial charge on any atom is 0.0354 e. The molecule has 1 aromatic carbocycles. The molecule has 0 aliphatic carbocycles. The summed E-state index contributed by atoms with van der Waals surface area (Å²) < 4.78 is 0.909. The van der Waals surface area contributed by atoms with E-state index in [1.54, 1.807) is 0 Å². The minimum Gasteiger partial charge on any atom is -0.0771 e. The van der Waals surface area contributed by atoms with Gasteiger partial charge in [0.1, 0.15) is 0 Å². The van der Waals surface area contributed by atoms with Gasteiger partial charge in [-0.2, -0.15) is 0 Å². The summed E-state index contributed by atoms with van der Waals surface area (Å²) >= 11 is 2.78. The lowest BCUT2D eigenvalue weighted by molar-refractivity contribution is 0.696. The Morgan fingerprint density at radius 2 is 1.22 bits per heavy atom. The molecule has 2 fully saturated rings. The highest BCUT2D eigenvalue weighted by Gasteiger charge is 2.40. The second kappa shape index (κ2) is 8.46. The molecule has 0 N–H and O–H groups in total. The smallest absolute Gasteiger partial charge is 0.0354 e. The van der Waals surface area contributed by atoms with Gasteiger partial charge in [-0.05, 0) is 72.5 Å². The molecule has 128 valence electrons. The van der Waals surface area contributed by atoms with Crippen molar-refractivity contribution in [1.82, 2.24) is 0 Å². The van der Waals surface area contributed by atoms with Crippen LogP contribution in [-0.2, 0) is 0 Å². The van der Waals surface area contributed by atoms with E-state index in [4.69, 9.17) is 0 Å². The molecular weight excluding hydrogens is 429 g/mol. The van der Waals surface area contributed by atoms with Crippen molar-refractivity contribution in [2.24, 2.45) is 0 Å². The Morgan fingerprint density at radius 3 is 1.74 bits per heavy atom. The third kappa shape index (κ3) is 3.68. The van der Waals surface area contributed by atoms with Crippen LogP contribution in [0.1, 0.15) is 65.7 Å². The molecule has 0 nitrogen and oxygen atoms in total. The highest BCUT2D eigenvalue weighted by Crippen LogP contribution is 2.62. The van der Waals surface area contributed by atoms with E-state index in [1.807, 2.05) is 10.6 Å². The van der Waals surface area contributed by atoms with Crippen LogP contribution in [0, 0.1) is 0 Å². The van der Waals surface area contributed by atoms with E-state index in [9.17, 15) is 0 Å². The fourth-order valence-electron chi connectivity index (χ4n) is 4.64. The first-order valence-electron chi connectivity index (χ1n) is 9.50. The Balaban J connectivity index is 2.00. The maximum absolute atomic E-state index is 2.78. The second-order valence-electron chi connectivity index (χ2n) is 7.08. The van der Waals surface area contributed by atoms with Crippen LogP contribution in [0.2, 0.25) is 0 Å². The number of benzene rings is 1. The Morgan fingerprint density at radius 1 is 0.783 bits per heavy atom. The zero-order chi connectivity index (χ0) is 16.4. The van der Waals surface area contributed by atoms with Crippen LogP contribution in [0.25, 0.3) is 0 Å². The van der Waals surface area contributed by atoms with Crippen LogP contribution in [0.15, 0.2) is 24.3 Å². The van der Waals surface area contributed by atoms with Gasteiger partial charge in [-0.15, -0.1) is 0 Å². The van der Waals surface area contributed by atoms with Crippen LogP contribution in [-0.4, -0.2) is 20.6 Å². The van der Waals surface area contributed by atoms with Gasteiger partial charge in [-0.1, -0.05) is 83.5 Å². The van der Waals surface area contributed by atoms with Gasteiger partial charge in [-0.3, -0.25) is 0 Å². The summed E-state index contributed by atoms with van der Waals surface area (Å²) in [5, 5.41) is 3.64. The predicted molar refractivity (Wildman–Crippen MR) is 118 cm³/mol. The molecule has 3 heteroatoms. The summed E-state index contributed by atoms with van der Waals surface area (Å²) in [6, 6.07) is 9.71. The van der Waals surface area contributed by atoms with Crippen molar-refractivity contribution >= 4 is 49.0 Å². The van der Waals surface area contributed by atoms with Gasteiger partial charge in [0.05, 0.1) is 0 Å². The first kappa shape index (κ1) is 18.6. The molecule has 0 saturated carbocycles. The Labute approximate surface area is 159 Å². The van der Waals surface area contributed by atoms with Crippen LogP contribution in [0.4, 0.5) is 0 Å². The summed E-state index contributed by atoms with van der Waals surface area (Å²) in [6.45, 7) is 7.27. The van der Waals surface area contributed by atoms with Crippen molar-refractivity contribution in [2.45, 2.75) is 86.4 Å². The van der Waals surface area contributed by atoms with E-state index < -0.39 is 0 Å². The molecule has 0 aromatic heterocycles. The van der Waals surface area contributed by atoms with E-state index in [0.717, 1.165) is 20.6 Å². The molecule has 0 bridgehead atoms. The van der Waals surface area contributed by atoms with Gasteiger partial charge in [0.2, 0.25) is 0 Å². The summed E-state index contributed by atoms with van der Waals surface area (Å²) in [5.74, 6) is 0. The van der Waals surface area contributed by atoms with Gasteiger partial charge >= 0.3 is 0 Å². The van der Waals surface area contributed by atoms with E-state index in [0.29, 0.717) is 0 Å². The Hall–Kier alpha value is 0.810. The lowest BCUT2D eigenvalue weighted by Crippen LogP contribution is -2.29. The van der Waals surface area contributed by atoms with Crippen molar-refractivity contribution in [1.29, 1.82) is 0 Å². The lowest BCUT2D eigenvalue weighted by Gasteiger charge is -2.31. The molecule has 2 heterocycles. The highest BCUT2D eigenvalue weighted by molar-refractivity contribution is 14.1. The molecular formula is C20H31IP2. The lowest BCUT2D eigenvalue weighted by atomic mass is 10.1. The highest BCUT2D eigenvalue weighted by atomic mass is 127. The van der Waals surface area contributed by atoms with Crippen molar-refractivity contribution in [2.75, 3.05) is 0 Å². The van der Waals surface area contributed by atoms with Crippen molar-refractivity contribution in [3.8, 4) is 0 Å². The van der Waals surface area contributed by atoms with Crippen molar-refractivity contribution in [3.05, 3.63) is 24.3 Å². The molecule has 2 saturated heterocycles. The summed E-state index contributed by atoms with van der Waals surface area (Å²) in [6.07, 6.45) is 10.0. The number of hydrogen-bond donors (Lipinski definition) is 0. The molecule has 0 amide bonds. The quantitative estimate of drug-likeness (QED) is 0.264. The molecule has 1 aromatic rings. The first-order valence-corrected chi connectivity index (χ1v) is 13.7. The first-order chi connectivity index (χ1) is 11.2. The SMILES string of the molecule is CC[C@@H]1CC[C@@H](CC)P1c1ccccc1P1[C@H](CC)CC[C@H]1I. The molecule has 3 rings (SSSR count). The molecule has 2 aliphatic heterocycles. The van der Waals surface area contributed by atoms with Crippen LogP contribution >= 0.6 is 38.4 Å². The summed E-state index contributed by atoms with van der Waals surface area (Å²) in [5.41, 5.74) is 2.95.